The summed E-state index contributed by atoms with van der Waals surface area (Å²) in [5.41, 5.74) is 6.77. The molecule has 1 aromatic carbocycles. The molecule has 0 aliphatic heterocycles. The van der Waals surface area contributed by atoms with Gasteiger partial charge in [-0.25, -0.2) is 0 Å². The topological polar surface area (TPSA) is 35.2 Å². The Bertz CT molecular complexity index is 321. The number of halogens is 1. The molecule has 1 aromatic rings. The van der Waals surface area contributed by atoms with E-state index in [4.69, 9.17) is 10.2 Å². The Morgan fingerprint density at radius 2 is 1.81 bits per heavy atom. The van der Waals surface area contributed by atoms with E-state index in [2.05, 4.69) is 19.6 Å². The lowest BCUT2D eigenvalue weighted by atomic mass is 10.1. The Kier molecular flexibility index (Phi) is 4.50. The molecular formula is C12H20FNOSi. The Labute approximate surface area is 97.7 Å². The van der Waals surface area contributed by atoms with Crippen LogP contribution in [0, 0.1) is 0 Å². The molecule has 0 aliphatic carbocycles. The highest BCUT2D eigenvalue weighted by Gasteiger charge is 2.16. The van der Waals surface area contributed by atoms with Crippen molar-refractivity contribution in [1.82, 2.24) is 0 Å². The molecule has 0 saturated heterocycles. The minimum atomic E-state index is -1.55. The van der Waals surface area contributed by atoms with E-state index in [1.807, 2.05) is 24.3 Å². The van der Waals surface area contributed by atoms with Crippen LogP contribution in [0.3, 0.4) is 0 Å². The Morgan fingerprint density at radius 1 is 1.25 bits per heavy atom. The van der Waals surface area contributed by atoms with Crippen molar-refractivity contribution in [3.8, 4) is 5.75 Å². The summed E-state index contributed by atoms with van der Waals surface area (Å²) >= 11 is 0. The van der Waals surface area contributed by atoms with Crippen LogP contribution in [0.5, 0.6) is 5.75 Å². The van der Waals surface area contributed by atoms with Gasteiger partial charge in [-0.05, 0) is 43.8 Å². The summed E-state index contributed by atoms with van der Waals surface area (Å²) in [6.45, 7) is 6.02. The predicted molar refractivity (Wildman–Crippen MR) is 67.9 cm³/mol. The van der Waals surface area contributed by atoms with Gasteiger partial charge >= 0.3 is 0 Å². The summed E-state index contributed by atoms with van der Waals surface area (Å²) in [6, 6.07) is 7.43. The standard InChI is InChI=1S/C12H20FNOSi/c1-16(2,3)15-11-6-4-10(5-7-11)12(14)8-9-13/h4-7,12H,8-9,14H2,1-3H3/t12-/m0/s1. The number of benzene rings is 1. The summed E-state index contributed by atoms with van der Waals surface area (Å²) in [5, 5.41) is 0. The van der Waals surface area contributed by atoms with Gasteiger partial charge in [0.25, 0.3) is 0 Å². The highest BCUT2D eigenvalue weighted by molar-refractivity contribution is 6.70. The van der Waals surface area contributed by atoms with E-state index in [9.17, 15) is 4.39 Å². The number of alkyl halides is 1. The van der Waals surface area contributed by atoms with E-state index in [1.165, 1.54) is 0 Å². The van der Waals surface area contributed by atoms with Crippen LogP contribution in [-0.2, 0) is 0 Å². The number of hydrogen-bond donors (Lipinski definition) is 1. The fourth-order valence-electron chi connectivity index (χ4n) is 1.42. The summed E-state index contributed by atoms with van der Waals surface area (Å²) in [7, 11) is -1.55. The van der Waals surface area contributed by atoms with Gasteiger partial charge in [-0.15, -0.1) is 0 Å². The van der Waals surface area contributed by atoms with E-state index >= 15 is 0 Å². The van der Waals surface area contributed by atoms with Crippen molar-refractivity contribution in [3.05, 3.63) is 29.8 Å². The first-order chi connectivity index (χ1) is 7.42. The van der Waals surface area contributed by atoms with Gasteiger partial charge < -0.3 is 10.2 Å². The third-order valence-corrected chi connectivity index (χ3v) is 3.00. The van der Waals surface area contributed by atoms with Gasteiger partial charge in [0.2, 0.25) is 8.32 Å². The highest BCUT2D eigenvalue weighted by Crippen LogP contribution is 2.20. The molecule has 0 bridgehead atoms. The lowest BCUT2D eigenvalue weighted by Gasteiger charge is -2.19. The molecule has 0 spiro atoms. The molecule has 0 aromatic heterocycles. The molecule has 1 atom stereocenters. The molecule has 90 valence electrons. The molecule has 0 aliphatic rings. The molecule has 0 unspecified atom stereocenters. The van der Waals surface area contributed by atoms with Crippen LogP contribution in [0.15, 0.2) is 24.3 Å². The Hall–Kier alpha value is -0.873. The molecule has 0 fully saturated rings. The van der Waals surface area contributed by atoms with Crippen LogP contribution in [0.4, 0.5) is 4.39 Å². The van der Waals surface area contributed by atoms with Crippen LogP contribution in [0.2, 0.25) is 19.6 Å². The smallest absolute Gasteiger partial charge is 0.242 e. The molecule has 16 heavy (non-hydrogen) atoms. The summed E-state index contributed by atoms with van der Waals surface area (Å²) in [4.78, 5) is 0. The van der Waals surface area contributed by atoms with Crippen molar-refractivity contribution in [3.63, 3.8) is 0 Å². The van der Waals surface area contributed by atoms with Gasteiger partial charge in [-0.1, -0.05) is 12.1 Å². The fourth-order valence-corrected chi connectivity index (χ4v) is 2.26. The monoisotopic (exact) mass is 241 g/mol. The second-order valence-corrected chi connectivity index (χ2v) is 9.30. The van der Waals surface area contributed by atoms with E-state index in [0.29, 0.717) is 6.42 Å². The van der Waals surface area contributed by atoms with Crippen LogP contribution in [0.25, 0.3) is 0 Å². The van der Waals surface area contributed by atoms with Crippen LogP contribution in [0.1, 0.15) is 18.0 Å². The maximum absolute atomic E-state index is 12.1. The lowest BCUT2D eigenvalue weighted by molar-refractivity contribution is 0.441. The number of nitrogens with two attached hydrogens (primary N) is 1. The van der Waals surface area contributed by atoms with Gasteiger partial charge in [-0.3, -0.25) is 4.39 Å². The fraction of sp³-hybridized carbons (Fsp3) is 0.500. The molecule has 4 heteroatoms. The van der Waals surface area contributed by atoms with Crippen molar-refractivity contribution in [2.24, 2.45) is 5.73 Å². The maximum atomic E-state index is 12.1. The van der Waals surface area contributed by atoms with Crippen molar-refractivity contribution in [1.29, 1.82) is 0 Å². The maximum Gasteiger partial charge on any atom is 0.242 e. The number of rotatable bonds is 5. The van der Waals surface area contributed by atoms with E-state index in [-0.39, 0.29) is 12.7 Å². The molecule has 2 N–H and O–H groups in total. The van der Waals surface area contributed by atoms with Crippen molar-refractivity contribution >= 4 is 8.32 Å². The van der Waals surface area contributed by atoms with Crippen LogP contribution in [-0.4, -0.2) is 15.0 Å². The molecule has 0 saturated carbocycles. The highest BCUT2D eigenvalue weighted by atomic mass is 28.4. The first-order valence-electron chi connectivity index (χ1n) is 5.53. The first kappa shape index (κ1) is 13.2. The molecule has 0 heterocycles. The molecule has 0 radical (unpaired) electrons. The molecule has 2 nitrogen and oxygen atoms in total. The van der Waals surface area contributed by atoms with Gasteiger partial charge in [-0.2, -0.15) is 0 Å². The normalized spacial score (nSPS) is 13.6. The van der Waals surface area contributed by atoms with Crippen molar-refractivity contribution in [2.75, 3.05) is 6.67 Å². The van der Waals surface area contributed by atoms with Gasteiger partial charge in [0.15, 0.2) is 0 Å². The largest absolute Gasteiger partial charge is 0.544 e. The van der Waals surface area contributed by atoms with Gasteiger partial charge in [0, 0.05) is 6.04 Å². The third-order valence-electron chi connectivity index (χ3n) is 2.15. The molecule has 1 rings (SSSR count). The van der Waals surface area contributed by atoms with E-state index in [0.717, 1.165) is 11.3 Å². The third kappa shape index (κ3) is 4.33. The zero-order valence-corrected chi connectivity index (χ0v) is 11.2. The average molecular weight is 241 g/mol. The molecule has 0 amide bonds. The average Bonchev–Trinajstić information content (AvgIpc) is 2.16. The van der Waals surface area contributed by atoms with Gasteiger partial charge in [0.1, 0.15) is 5.75 Å². The van der Waals surface area contributed by atoms with Crippen LogP contribution >= 0.6 is 0 Å². The second-order valence-electron chi connectivity index (χ2n) is 4.87. The zero-order valence-electron chi connectivity index (χ0n) is 10.2. The second kappa shape index (κ2) is 5.45. The predicted octanol–water partition coefficient (Wildman–Crippen LogP) is 3.26. The summed E-state index contributed by atoms with van der Waals surface area (Å²) in [5.74, 6) is 0.871. The van der Waals surface area contributed by atoms with Gasteiger partial charge in [0.05, 0.1) is 6.67 Å². The minimum absolute atomic E-state index is 0.217. The SMILES string of the molecule is C[Si](C)(C)Oc1ccc([C@@H](N)CCF)cc1. The van der Waals surface area contributed by atoms with Crippen LogP contribution < -0.4 is 10.2 Å². The quantitative estimate of drug-likeness (QED) is 0.803. The number of hydrogen-bond acceptors (Lipinski definition) is 2. The van der Waals surface area contributed by atoms with E-state index < -0.39 is 8.32 Å². The first-order valence-corrected chi connectivity index (χ1v) is 8.94. The lowest BCUT2D eigenvalue weighted by Crippen LogP contribution is -2.29. The zero-order chi connectivity index (χ0) is 12.2. The Balaban J connectivity index is 2.68. The summed E-state index contributed by atoms with van der Waals surface area (Å²) < 4.78 is 18.0. The van der Waals surface area contributed by atoms with Crippen molar-refractivity contribution < 1.29 is 8.82 Å². The van der Waals surface area contributed by atoms with Crippen molar-refractivity contribution in [2.45, 2.75) is 32.1 Å². The Morgan fingerprint density at radius 3 is 2.25 bits per heavy atom. The van der Waals surface area contributed by atoms with E-state index in [1.54, 1.807) is 0 Å². The molecular weight excluding hydrogens is 221 g/mol. The minimum Gasteiger partial charge on any atom is -0.544 e. The summed E-state index contributed by atoms with van der Waals surface area (Å²) in [6.07, 6.45) is 0.369.